The van der Waals surface area contributed by atoms with E-state index >= 15 is 0 Å². The van der Waals surface area contributed by atoms with Gasteiger partial charge in [-0.1, -0.05) is 33.1 Å². The van der Waals surface area contributed by atoms with Crippen LogP contribution in [0.4, 0.5) is 4.79 Å². The minimum Gasteiger partial charge on any atom is -0.453 e. The van der Waals surface area contributed by atoms with Gasteiger partial charge in [0.25, 0.3) is 0 Å². The summed E-state index contributed by atoms with van der Waals surface area (Å²) in [5.41, 5.74) is 0.0973. The molecule has 7 heteroatoms. The Kier molecular flexibility index (Phi) is 15.7. The van der Waals surface area contributed by atoms with Crippen LogP contribution in [-0.2, 0) is 14.3 Å². The van der Waals surface area contributed by atoms with Gasteiger partial charge in [0, 0.05) is 19.0 Å². The van der Waals surface area contributed by atoms with Crippen molar-refractivity contribution in [2.75, 3.05) is 27.7 Å². The van der Waals surface area contributed by atoms with E-state index in [1.54, 1.807) is 7.05 Å². The van der Waals surface area contributed by atoms with E-state index in [4.69, 9.17) is 0 Å². The van der Waals surface area contributed by atoms with E-state index < -0.39 is 6.09 Å². The number of methoxy groups -OCH3 is 1. The maximum absolute atomic E-state index is 11.2. The fourth-order valence-corrected chi connectivity index (χ4v) is 2.16. The fourth-order valence-electron chi connectivity index (χ4n) is 2.16. The van der Waals surface area contributed by atoms with Crippen LogP contribution in [0.25, 0.3) is 0 Å². The van der Waals surface area contributed by atoms with Crippen molar-refractivity contribution in [3.63, 3.8) is 0 Å². The zero-order chi connectivity index (χ0) is 18.1. The zero-order valence-electron chi connectivity index (χ0n) is 15.2. The highest BCUT2D eigenvalue weighted by atomic mass is 16.5. The number of carbonyl (C=O) groups is 3. The Labute approximate surface area is 139 Å². The number of amides is 2. The van der Waals surface area contributed by atoms with Gasteiger partial charge >= 0.3 is 6.09 Å². The highest BCUT2D eigenvalue weighted by Gasteiger charge is 2.33. The molecule has 0 aromatic rings. The SMILES string of the molecule is CCC.CNC(=O)CC1(NC)CCCC1.COC(=O)NCC=O. The first-order chi connectivity index (χ1) is 10.9. The van der Waals surface area contributed by atoms with Gasteiger partial charge in [-0.05, 0) is 19.9 Å². The number of alkyl carbamates (subject to hydrolysis) is 1. The number of ether oxygens (including phenoxy) is 1. The summed E-state index contributed by atoms with van der Waals surface area (Å²) < 4.78 is 4.14. The first kappa shape index (κ1) is 23.6. The van der Waals surface area contributed by atoms with Gasteiger partial charge in [0.15, 0.2) is 0 Å². The lowest BCUT2D eigenvalue weighted by molar-refractivity contribution is -0.122. The molecule has 1 saturated carbocycles. The highest BCUT2D eigenvalue weighted by molar-refractivity contribution is 5.76. The van der Waals surface area contributed by atoms with Crippen LogP contribution in [0.3, 0.4) is 0 Å². The zero-order valence-corrected chi connectivity index (χ0v) is 15.2. The lowest BCUT2D eigenvalue weighted by Gasteiger charge is -2.27. The number of hydrogen-bond acceptors (Lipinski definition) is 5. The normalized spacial score (nSPS) is 14.3. The molecule has 0 unspecified atom stereocenters. The monoisotopic (exact) mass is 331 g/mol. The van der Waals surface area contributed by atoms with Crippen LogP contribution in [0.5, 0.6) is 0 Å². The number of hydrogen-bond donors (Lipinski definition) is 3. The maximum atomic E-state index is 11.2. The van der Waals surface area contributed by atoms with Crippen molar-refractivity contribution in [3.05, 3.63) is 0 Å². The van der Waals surface area contributed by atoms with E-state index in [2.05, 4.69) is 34.5 Å². The van der Waals surface area contributed by atoms with Crippen LogP contribution in [-0.4, -0.2) is 51.6 Å². The van der Waals surface area contributed by atoms with Crippen molar-refractivity contribution in [2.24, 2.45) is 0 Å². The van der Waals surface area contributed by atoms with Gasteiger partial charge < -0.3 is 25.5 Å². The average molecular weight is 331 g/mol. The van der Waals surface area contributed by atoms with Crippen LogP contribution >= 0.6 is 0 Å². The van der Waals surface area contributed by atoms with Crippen molar-refractivity contribution >= 4 is 18.3 Å². The second-order valence-corrected chi connectivity index (χ2v) is 5.33. The van der Waals surface area contributed by atoms with Crippen LogP contribution in [0.1, 0.15) is 52.4 Å². The molecule has 0 aliphatic heterocycles. The quantitative estimate of drug-likeness (QED) is 0.665. The summed E-state index contributed by atoms with van der Waals surface area (Å²) in [5, 5.41) is 8.11. The summed E-state index contributed by atoms with van der Waals surface area (Å²) in [4.78, 5) is 30.8. The summed E-state index contributed by atoms with van der Waals surface area (Å²) in [6.45, 7) is 4.26. The topological polar surface area (TPSA) is 96.5 Å². The van der Waals surface area contributed by atoms with Crippen LogP contribution in [0.15, 0.2) is 0 Å². The molecule has 1 aliphatic carbocycles. The van der Waals surface area contributed by atoms with Gasteiger partial charge in [0.2, 0.25) is 5.91 Å². The molecule has 1 rings (SSSR count). The second kappa shape index (κ2) is 15.3. The van der Waals surface area contributed by atoms with E-state index in [1.807, 2.05) is 7.05 Å². The van der Waals surface area contributed by atoms with Crippen molar-refractivity contribution in [1.82, 2.24) is 16.0 Å². The second-order valence-electron chi connectivity index (χ2n) is 5.33. The van der Waals surface area contributed by atoms with Gasteiger partial charge in [0.05, 0.1) is 13.7 Å². The Hall–Kier alpha value is -1.63. The van der Waals surface area contributed by atoms with Crippen molar-refractivity contribution in [2.45, 2.75) is 57.9 Å². The summed E-state index contributed by atoms with van der Waals surface area (Å²) in [5.74, 6) is 0.145. The third-order valence-electron chi connectivity index (χ3n) is 3.38. The van der Waals surface area contributed by atoms with Crippen molar-refractivity contribution < 1.29 is 19.1 Å². The molecular formula is C16H33N3O4. The molecule has 0 aromatic heterocycles. The Bertz CT molecular complexity index is 329. The van der Waals surface area contributed by atoms with Gasteiger partial charge in [-0.25, -0.2) is 4.79 Å². The van der Waals surface area contributed by atoms with E-state index in [9.17, 15) is 14.4 Å². The highest BCUT2D eigenvalue weighted by Crippen LogP contribution is 2.31. The molecule has 23 heavy (non-hydrogen) atoms. The van der Waals surface area contributed by atoms with Crippen molar-refractivity contribution in [1.29, 1.82) is 0 Å². The Morgan fingerprint density at radius 3 is 2.04 bits per heavy atom. The number of carbonyl (C=O) groups excluding carboxylic acids is 3. The standard InChI is InChI=1S/C9H18N2O.C4H7NO3.C3H8/c1-10-8(12)7-9(11-2)5-3-4-6-9;1-8-4(7)5-2-3-6;1-3-2/h11H,3-7H2,1-2H3,(H,10,12);3H,2H2,1H3,(H,5,7);3H2,1-2H3. The minimum absolute atomic E-state index is 0.00662. The van der Waals surface area contributed by atoms with Gasteiger partial charge in [0.1, 0.15) is 6.29 Å². The molecule has 2 amide bonds. The predicted octanol–water partition coefficient (Wildman–Crippen LogP) is 1.61. The molecule has 0 heterocycles. The lowest BCUT2D eigenvalue weighted by atomic mass is 9.93. The molecule has 0 atom stereocenters. The third-order valence-corrected chi connectivity index (χ3v) is 3.38. The van der Waals surface area contributed by atoms with Gasteiger partial charge in [-0.3, -0.25) is 4.79 Å². The Morgan fingerprint density at radius 2 is 1.70 bits per heavy atom. The summed E-state index contributed by atoms with van der Waals surface area (Å²) >= 11 is 0. The molecule has 136 valence electrons. The molecule has 3 N–H and O–H groups in total. The van der Waals surface area contributed by atoms with Crippen LogP contribution in [0, 0.1) is 0 Å². The third kappa shape index (κ3) is 12.6. The molecular weight excluding hydrogens is 298 g/mol. The van der Waals surface area contributed by atoms with Gasteiger partial charge in [-0.15, -0.1) is 0 Å². The minimum atomic E-state index is -0.586. The smallest absolute Gasteiger partial charge is 0.407 e. The van der Waals surface area contributed by atoms with Gasteiger partial charge in [-0.2, -0.15) is 0 Å². The molecule has 7 nitrogen and oxygen atoms in total. The van der Waals surface area contributed by atoms with E-state index in [0.717, 1.165) is 12.8 Å². The van der Waals surface area contributed by atoms with Crippen molar-refractivity contribution in [3.8, 4) is 0 Å². The van der Waals surface area contributed by atoms with E-state index in [-0.39, 0.29) is 18.0 Å². The molecule has 0 spiro atoms. The molecule has 1 aliphatic rings. The Balaban J connectivity index is 0. The molecule has 0 aromatic carbocycles. The fraction of sp³-hybridized carbons (Fsp3) is 0.812. The largest absolute Gasteiger partial charge is 0.453 e. The van der Waals surface area contributed by atoms with Crippen LogP contribution < -0.4 is 16.0 Å². The number of aldehydes is 1. The van der Waals surface area contributed by atoms with E-state index in [0.29, 0.717) is 12.7 Å². The molecule has 0 bridgehead atoms. The number of nitrogens with one attached hydrogen (secondary N) is 3. The number of rotatable bonds is 5. The predicted molar refractivity (Wildman–Crippen MR) is 91.4 cm³/mol. The lowest BCUT2D eigenvalue weighted by Crippen LogP contribution is -2.44. The van der Waals surface area contributed by atoms with Crippen LogP contribution in [0.2, 0.25) is 0 Å². The first-order valence-electron chi connectivity index (χ1n) is 8.10. The first-order valence-corrected chi connectivity index (χ1v) is 8.10. The maximum Gasteiger partial charge on any atom is 0.407 e. The molecule has 0 saturated heterocycles. The summed E-state index contributed by atoms with van der Waals surface area (Å²) in [7, 11) is 4.88. The molecule has 1 fully saturated rings. The summed E-state index contributed by atoms with van der Waals surface area (Å²) in [6, 6.07) is 0. The Morgan fingerprint density at radius 1 is 1.17 bits per heavy atom. The average Bonchev–Trinajstić information content (AvgIpc) is 3.02. The van der Waals surface area contributed by atoms with E-state index in [1.165, 1.54) is 26.4 Å². The molecule has 0 radical (unpaired) electrons. The summed E-state index contributed by atoms with van der Waals surface area (Å²) in [6.07, 6.45) is 6.64.